The van der Waals surface area contributed by atoms with Crippen LogP contribution in [0.25, 0.3) is 0 Å². The van der Waals surface area contributed by atoms with Crippen molar-refractivity contribution >= 4 is 5.91 Å². The summed E-state index contributed by atoms with van der Waals surface area (Å²) in [7, 11) is 1.78. The van der Waals surface area contributed by atoms with Gasteiger partial charge in [-0.15, -0.1) is 0 Å². The van der Waals surface area contributed by atoms with E-state index >= 15 is 0 Å². The molecular weight excluding hydrogens is 306 g/mol. The van der Waals surface area contributed by atoms with Crippen LogP contribution < -0.4 is 4.74 Å². The zero-order chi connectivity index (χ0) is 17.7. The van der Waals surface area contributed by atoms with E-state index in [1.807, 2.05) is 32.0 Å². The zero-order valence-corrected chi connectivity index (χ0v) is 15.2. The Hall–Kier alpha value is -1.59. The molecular formula is C19H29NO4. The van der Waals surface area contributed by atoms with E-state index in [0.29, 0.717) is 19.8 Å². The Labute approximate surface area is 144 Å². The van der Waals surface area contributed by atoms with Crippen molar-refractivity contribution in [2.24, 2.45) is 5.41 Å². The lowest BCUT2D eigenvalue weighted by atomic mass is 9.80. The summed E-state index contributed by atoms with van der Waals surface area (Å²) in [4.78, 5) is 14.3. The van der Waals surface area contributed by atoms with Crippen molar-refractivity contribution in [3.8, 4) is 5.75 Å². The third-order valence-corrected chi connectivity index (χ3v) is 4.83. The van der Waals surface area contributed by atoms with Crippen molar-refractivity contribution in [3.05, 3.63) is 29.3 Å². The lowest BCUT2D eigenvalue weighted by Crippen LogP contribution is -2.47. The summed E-state index contributed by atoms with van der Waals surface area (Å²) in [5, 5.41) is 9.79. The second-order valence-electron chi connectivity index (χ2n) is 6.99. The first kappa shape index (κ1) is 18.7. The lowest BCUT2D eigenvalue weighted by Gasteiger charge is -2.39. The van der Waals surface area contributed by atoms with E-state index in [1.54, 1.807) is 18.9 Å². The van der Waals surface area contributed by atoms with Crippen LogP contribution in [0.4, 0.5) is 0 Å². The average molecular weight is 335 g/mol. The van der Waals surface area contributed by atoms with Crippen LogP contribution in [0, 0.1) is 19.3 Å². The van der Waals surface area contributed by atoms with Gasteiger partial charge in [-0.25, -0.2) is 0 Å². The highest BCUT2D eigenvalue weighted by Crippen LogP contribution is 2.31. The quantitative estimate of drug-likeness (QED) is 0.867. The molecule has 0 saturated carbocycles. The highest BCUT2D eigenvalue weighted by Gasteiger charge is 2.35. The predicted octanol–water partition coefficient (Wildman–Crippen LogP) is 2.32. The van der Waals surface area contributed by atoms with Gasteiger partial charge in [-0.1, -0.05) is 12.1 Å². The maximum atomic E-state index is 12.7. The summed E-state index contributed by atoms with van der Waals surface area (Å²) in [6.45, 7) is 7.61. The first-order valence-corrected chi connectivity index (χ1v) is 8.54. The van der Waals surface area contributed by atoms with Gasteiger partial charge < -0.3 is 19.5 Å². The van der Waals surface area contributed by atoms with Gasteiger partial charge in [0.2, 0.25) is 0 Å². The molecule has 0 unspecified atom stereocenters. The summed E-state index contributed by atoms with van der Waals surface area (Å²) in [6, 6.07) is 5.97. The first-order chi connectivity index (χ1) is 11.4. The number of ether oxygens (including phenoxy) is 2. The number of carbonyl (C=O) groups is 1. The highest BCUT2D eigenvalue weighted by atomic mass is 16.5. The van der Waals surface area contributed by atoms with E-state index in [9.17, 15) is 9.90 Å². The van der Waals surface area contributed by atoms with Crippen LogP contribution in [0.1, 0.15) is 30.9 Å². The van der Waals surface area contributed by atoms with E-state index in [2.05, 4.69) is 0 Å². The highest BCUT2D eigenvalue weighted by molar-refractivity contribution is 5.80. The van der Waals surface area contributed by atoms with E-state index in [0.717, 1.165) is 29.7 Å². The number of likely N-dealkylation sites (N-methyl/N-ethyl adjacent to an activating group) is 1. The van der Waals surface area contributed by atoms with Gasteiger partial charge in [-0.2, -0.15) is 0 Å². The van der Waals surface area contributed by atoms with Crippen LogP contribution in [0.5, 0.6) is 5.75 Å². The summed E-state index contributed by atoms with van der Waals surface area (Å²) < 4.78 is 11.3. The lowest BCUT2D eigenvalue weighted by molar-refractivity contribution is -0.140. The van der Waals surface area contributed by atoms with Crippen molar-refractivity contribution < 1.29 is 19.4 Å². The Morgan fingerprint density at radius 3 is 2.67 bits per heavy atom. The topological polar surface area (TPSA) is 59.0 Å². The van der Waals surface area contributed by atoms with Crippen LogP contribution in [0.3, 0.4) is 0 Å². The molecule has 2 rings (SSSR count). The van der Waals surface area contributed by atoms with Gasteiger partial charge in [-0.05, 0) is 50.8 Å². The Bertz CT molecular complexity index is 566. The van der Waals surface area contributed by atoms with Gasteiger partial charge in [0.15, 0.2) is 6.10 Å². The Morgan fingerprint density at radius 1 is 1.38 bits per heavy atom. The van der Waals surface area contributed by atoms with Gasteiger partial charge in [0.05, 0.1) is 6.61 Å². The van der Waals surface area contributed by atoms with Crippen LogP contribution in [-0.4, -0.2) is 55.4 Å². The molecule has 1 fully saturated rings. The number of nitrogens with zero attached hydrogens (tertiary/aromatic N) is 1. The number of aryl methyl sites for hydroxylation is 2. The molecule has 0 radical (unpaired) electrons. The maximum absolute atomic E-state index is 12.7. The Kier molecular flexibility index (Phi) is 6.24. The SMILES string of the molecule is Cc1ccc(C)c(O[C@H](C)C(=O)N(C)CC2(CO)CCOCC2)c1. The second-order valence-corrected chi connectivity index (χ2v) is 6.99. The van der Waals surface area contributed by atoms with Crippen molar-refractivity contribution in [2.75, 3.05) is 33.4 Å². The molecule has 0 spiro atoms. The Balaban J connectivity index is 2.00. The van der Waals surface area contributed by atoms with E-state index < -0.39 is 6.10 Å². The monoisotopic (exact) mass is 335 g/mol. The molecule has 1 atom stereocenters. The number of carbonyl (C=O) groups excluding carboxylic acids is 1. The van der Waals surface area contributed by atoms with E-state index in [1.165, 1.54) is 0 Å². The van der Waals surface area contributed by atoms with Crippen molar-refractivity contribution in [1.82, 2.24) is 4.90 Å². The number of hydrogen-bond acceptors (Lipinski definition) is 4. The van der Waals surface area contributed by atoms with Crippen LogP contribution in [-0.2, 0) is 9.53 Å². The zero-order valence-electron chi connectivity index (χ0n) is 15.2. The largest absolute Gasteiger partial charge is 0.481 e. The fourth-order valence-electron chi connectivity index (χ4n) is 3.14. The molecule has 1 amide bonds. The van der Waals surface area contributed by atoms with Crippen LogP contribution in [0.2, 0.25) is 0 Å². The normalized spacial score (nSPS) is 18.0. The molecule has 1 N–H and O–H groups in total. The number of benzene rings is 1. The smallest absolute Gasteiger partial charge is 0.263 e. The van der Waals surface area contributed by atoms with Gasteiger partial charge >= 0.3 is 0 Å². The third kappa shape index (κ3) is 4.48. The molecule has 1 saturated heterocycles. The predicted molar refractivity (Wildman–Crippen MR) is 93.2 cm³/mol. The van der Waals surface area contributed by atoms with Gasteiger partial charge in [0.25, 0.3) is 5.91 Å². The van der Waals surface area contributed by atoms with Gasteiger partial charge in [-0.3, -0.25) is 4.79 Å². The second kappa shape index (κ2) is 7.99. The maximum Gasteiger partial charge on any atom is 0.263 e. The molecule has 1 aliphatic rings. The molecule has 24 heavy (non-hydrogen) atoms. The Morgan fingerprint density at radius 2 is 2.04 bits per heavy atom. The van der Waals surface area contributed by atoms with E-state index in [4.69, 9.17) is 9.47 Å². The summed E-state index contributed by atoms with van der Waals surface area (Å²) in [6.07, 6.45) is 0.979. The van der Waals surface area contributed by atoms with Crippen molar-refractivity contribution in [1.29, 1.82) is 0 Å². The number of hydrogen-bond donors (Lipinski definition) is 1. The molecule has 1 aromatic rings. The number of aliphatic hydroxyl groups excluding tert-OH is 1. The minimum atomic E-state index is -0.564. The molecule has 0 bridgehead atoms. The summed E-state index contributed by atoms with van der Waals surface area (Å²) in [5.74, 6) is 0.669. The first-order valence-electron chi connectivity index (χ1n) is 8.54. The molecule has 1 aromatic carbocycles. The molecule has 0 aliphatic carbocycles. The van der Waals surface area contributed by atoms with Crippen LogP contribution >= 0.6 is 0 Å². The standard InChI is InChI=1S/C19H29NO4/c1-14-5-6-15(2)17(11-14)24-16(3)18(22)20(4)12-19(13-21)7-9-23-10-8-19/h5-6,11,16,21H,7-10,12-13H2,1-4H3/t16-/m1/s1. The summed E-state index contributed by atoms with van der Waals surface area (Å²) >= 11 is 0. The van der Waals surface area contributed by atoms with Crippen molar-refractivity contribution in [2.45, 2.75) is 39.7 Å². The number of aliphatic hydroxyl groups is 1. The van der Waals surface area contributed by atoms with Gasteiger partial charge in [0.1, 0.15) is 5.75 Å². The fraction of sp³-hybridized carbons (Fsp3) is 0.632. The number of amides is 1. The fourth-order valence-corrected chi connectivity index (χ4v) is 3.14. The molecule has 5 nitrogen and oxygen atoms in total. The molecule has 1 heterocycles. The van der Waals surface area contributed by atoms with E-state index in [-0.39, 0.29) is 17.9 Å². The van der Waals surface area contributed by atoms with Crippen molar-refractivity contribution in [3.63, 3.8) is 0 Å². The minimum absolute atomic E-state index is 0.0696. The molecule has 1 aliphatic heterocycles. The van der Waals surface area contributed by atoms with Crippen LogP contribution in [0.15, 0.2) is 18.2 Å². The minimum Gasteiger partial charge on any atom is -0.481 e. The summed E-state index contributed by atoms with van der Waals surface area (Å²) in [5.41, 5.74) is 1.85. The number of rotatable bonds is 6. The molecule has 5 heteroatoms. The average Bonchev–Trinajstić information content (AvgIpc) is 2.58. The third-order valence-electron chi connectivity index (χ3n) is 4.83. The van der Waals surface area contributed by atoms with Gasteiger partial charge in [0, 0.05) is 32.2 Å². The molecule has 134 valence electrons. The molecule has 0 aromatic heterocycles.